The Morgan fingerprint density at radius 3 is 2.89 bits per heavy atom. The first-order chi connectivity index (χ1) is 8.78. The maximum Gasteiger partial charge on any atom is 0.122 e. The number of thiazole rings is 1. The predicted molar refractivity (Wildman–Crippen MR) is 76.2 cm³/mol. The van der Waals surface area contributed by atoms with E-state index in [9.17, 15) is 0 Å². The van der Waals surface area contributed by atoms with Crippen molar-refractivity contribution in [3.63, 3.8) is 0 Å². The zero-order valence-corrected chi connectivity index (χ0v) is 11.8. The van der Waals surface area contributed by atoms with Crippen LogP contribution in [0.4, 0.5) is 0 Å². The largest absolute Gasteiger partial charge is 0.496 e. The lowest BCUT2D eigenvalue weighted by Gasteiger charge is -2.07. The molecule has 0 radical (unpaired) electrons. The molecule has 0 amide bonds. The average Bonchev–Trinajstić information content (AvgIpc) is 2.87. The number of rotatable bonds is 5. The molecule has 1 aromatic heterocycles. The highest BCUT2D eigenvalue weighted by Gasteiger charge is 2.07. The Morgan fingerprint density at radius 1 is 1.39 bits per heavy atom. The molecular weight excluding hydrogens is 244 g/mol. The molecular formula is C14H18N2OS. The number of nitrogens with zero attached hydrogens (tertiary/aromatic N) is 1. The molecule has 2 aromatic rings. The van der Waals surface area contributed by atoms with Crippen molar-refractivity contribution < 1.29 is 4.74 Å². The van der Waals surface area contributed by atoms with Crippen LogP contribution in [0.3, 0.4) is 0 Å². The number of nitrogens with one attached hydrogen (secondary N) is 1. The van der Waals surface area contributed by atoms with Gasteiger partial charge in [-0.05, 0) is 42.8 Å². The standard InChI is InChI=1S/C14H18N2OS/c1-4-10-7-11(5-6-12(10)17-3)13-8-16-14(18-13)9-15-2/h5-8,15H,4,9H2,1-3H3. The van der Waals surface area contributed by atoms with Gasteiger partial charge in [0.05, 0.1) is 12.0 Å². The monoisotopic (exact) mass is 262 g/mol. The Balaban J connectivity index is 2.31. The van der Waals surface area contributed by atoms with Crippen LogP contribution in [-0.4, -0.2) is 19.1 Å². The first-order valence-corrected chi connectivity index (χ1v) is 6.86. The molecule has 1 N–H and O–H groups in total. The number of benzene rings is 1. The Hall–Kier alpha value is -1.39. The summed E-state index contributed by atoms with van der Waals surface area (Å²) in [5, 5.41) is 4.23. The number of aromatic nitrogens is 1. The van der Waals surface area contributed by atoms with E-state index in [2.05, 4.69) is 29.4 Å². The Morgan fingerprint density at radius 2 is 2.22 bits per heavy atom. The van der Waals surface area contributed by atoms with Crippen molar-refractivity contribution in [1.82, 2.24) is 10.3 Å². The lowest BCUT2D eigenvalue weighted by atomic mass is 10.1. The van der Waals surface area contributed by atoms with Gasteiger partial charge in [0, 0.05) is 12.7 Å². The number of hydrogen-bond donors (Lipinski definition) is 1. The van der Waals surface area contributed by atoms with Crippen LogP contribution >= 0.6 is 11.3 Å². The third kappa shape index (κ3) is 2.71. The van der Waals surface area contributed by atoms with Gasteiger partial charge in [-0.3, -0.25) is 0 Å². The summed E-state index contributed by atoms with van der Waals surface area (Å²) >= 11 is 1.73. The first kappa shape index (κ1) is 13.1. The van der Waals surface area contributed by atoms with Crippen molar-refractivity contribution in [2.24, 2.45) is 0 Å². The summed E-state index contributed by atoms with van der Waals surface area (Å²) in [4.78, 5) is 5.61. The number of methoxy groups -OCH3 is 1. The Labute approximate surface area is 112 Å². The first-order valence-electron chi connectivity index (χ1n) is 6.05. The molecule has 0 spiro atoms. The Kier molecular flexibility index (Phi) is 4.33. The van der Waals surface area contributed by atoms with E-state index < -0.39 is 0 Å². The van der Waals surface area contributed by atoms with Crippen molar-refractivity contribution in [2.75, 3.05) is 14.2 Å². The van der Waals surface area contributed by atoms with E-state index in [1.807, 2.05) is 19.3 Å². The summed E-state index contributed by atoms with van der Waals surface area (Å²) < 4.78 is 5.35. The lowest BCUT2D eigenvalue weighted by Crippen LogP contribution is -2.03. The zero-order valence-electron chi connectivity index (χ0n) is 11.0. The van der Waals surface area contributed by atoms with Crippen molar-refractivity contribution in [2.45, 2.75) is 19.9 Å². The van der Waals surface area contributed by atoms with Gasteiger partial charge in [0.1, 0.15) is 10.8 Å². The molecule has 0 aliphatic heterocycles. The van der Waals surface area contributed by atoms with E-state index in [1.54, 1.807) is 18.4 Å². The molecule has 0 fully saturated rings. The van der Waals surface area contributed by atoms with Crippen molar-refractivity contribution >= 4 is 11.3 Å². The van der Waals surface area contributed by atoms with Gasteiger partial charge in [0.25, 0.3) is 0 Å². The third-order valence-corrected chi connectivity index (χ3v) is 3.87. The zero-order chi connectivity index (χ0) is 13.0. The summed E-state index contributed by atoms with van der Waals surface area (Å²) in [6.45, 7) is 2.96. The topological polar surface area (TPSA) is 34.2 Å². The molecule has 0 aliphatic rings. The molecule has 18 heavy (non-hydrogen) atoms. The van der Waals surface area contributed by atoms with Gasteiger partial charge in [-0.1, -0.05) is 6.92 Å². The van der Waals surface area contributed by atoms with Crippen LogP contribution in [-0.2, 0) is 13.0 Å². The van der Waals surface area contributed by atoms with E-state index >= 15 is 0 Å². The molecule has 0 bridgehead atoms. The predicted octanol–water partition coefficient (Wildman–Crippen LogP) is 3.10. The number of hydrogen-bond acceptors (Lipinski definition) is 4. The molecule has 1 heterocycles. The SMILES string of the molecule is CCc1cc(-c2cnc(CNC)s2)ccc1OC. The quantitative estimate of drug-likeness (QED) is 0.899. The summed E-state index contributed by atoms with van der Waals surface area (Å²) in [6.07, 6.45) is 2.91. The number of ether oxygens (including phenoxy) is 1. The minimum Gasteiger partial charge on any atom is -0.496 e. The van der Waals surface area contributed by atoms with Crippen LogP contribution in [0, 0.1) is 0 Å². The van der Waals surface area contributed by atoms with Crippen LogP contribution in [0.5, 0.6) is 5.75 Å². The molecule has 2 rings (SSSR count). The van der Waals surface area contributed by atoms with Gasteiger partial charge in [-0.2, -0.15) is 0 Å². The van der Waals surface area contributed by atoms with E-state index in [0.29, 0.717) is 0 Å². The van der Waals surface area contributed by atoms with Crippen LogP contribution in [0.15, 0.2) is 24.4 Å². The van der Waals surface area contributed by atoms with E-state index in [1.165, 1.54) is 16.0 Å². The lowest BCUT2D eigenvalue weighted by molar-refractivity contribution is 0.410. The van der Waals surface area contributed by atoms with E-state index in [0.717, 1.165) is 23.7 Å². The van der Waals surface area contributed by atoms with Gasteiger partial charge in [-0.25, -0.2) is 4.98 Å². The van der Waals surface area contributed by atoms with Gasteiger partial charge in [-0.15, -0.1) is 11.3 Å². The maximum atomic E-state index is 5.35. The van der Waals surface area contributed by atoms with Gasteiger partial charge < -0.3 is 10.1 Å². The molecule has 3 nitrogen and oxygen atoms in total. The third-order valence-electron chi connectivity index (χ3n) is 2.83. The average molecular weight is 262 g/mol. The minimum absolute atomic E-state index is 0.821. The molecule has 0 aliphatic carbocycles. The van der Waals surface area contributed by atoms with Crippen LogP contribution in [0.25, 0.3) is 10.4 Å². The fourth-order valence-electron chi connectivity index (χ4n) is 1.88. The Bertz CT molecular complexity index is 522. The van der Waals surface area contributed by atoms with Gasteiger partial charge in [0.15, 0.2) is 0 Å². The molecule has 0 atom stereocenters. The smallest absolute Gasteiger partial charge is 0.122 e. The highest BCUT2D eigenvalue weighted by Crippen LogP contribution is 2.30. The molecule has 0 unspecified atom stereocenters. The molecule has 4 heteroatoms. The van der Waals surface area contributed by atoms with Crippen LogP contribution in [0.1, 0.15) is 17.5 Å². The van der Waals surface area contributed by atoms with Gasteiger partial charge >= 0.3 is 0 Å². The maximum absolute atomic E-state index is 5.35. The number of aryl methyl sites for hydroxylation is 1. The molecule has 96 valence electrons. The summed E-state index contributed by atoms with van der Waals surface area (Å²) in [6, 6.07) is 6.32. The fourth-order valence-corrected chi connectivity index (χ4v) is 2.81. The second-order valence-electron chi connectivity index (χ2n) is 4.03. The summed E-state index contributed by atoms with van der Waals surface area (Å²) in [5.74, 6) is 0.959. The highest BCUT2D eigenvalue weighted by molar-refractivity contribution is 7.15. The summed E-state index contributed by atoms with van der Waals surface area (Å²) in [5.41, 5.74) is 2.45. The van der Waals surface area contributed by atoms with Gasteiger partial charge in [0.2, 0.25) is 0 Å². The second-order valence-corrected chi connectivity index (χ2v) is 5.14. The highest BCUT2D eigenvalue weighted by atomic mass is 32.1. The molecule has 1 aromatic carbocycles. The van der Waals surface area contributed by atoms with Crippen LogP contribution < -0.4 is 10.1 Å². The van der Waals surface area contributed by atoms with Crippen molar-refractivity contribution in [1.29, 1.82) is 0 Å². The molecule has 0 saturated heterocycles. The summed E-state index contributed by atoms with van der Waals surface area (Å²) in [7, 11) is 3.65. The van der Waals surface area contributed by atoms with E-state index in [4.69, 9.17) is 4.74 Å². The molecule has 0 saturated carbocycles. The van der Waals surface area contributed by atoms with E-state index in [-0.39, 0.29) is 0 Å². The fraction of sp³-hybridized carbons (Fsp3) is 0.357. The van der Waals surface area contributed by atoms with Crippen LogP contribution in [0.2, 0.25) is 0 Å². The van der Waals surface area contributed by atoms with Crippen molar-refractivity contribution in [3.8, 4) is 16.2 Å². The van der Waals surface area contributed by atoms with Crippen molar-refractivity contribution in [3.05, 3.63) is 35.0 Å². The second kappa shape index (κ2) is 5.98. The minimum atomic E-state index is 0.821. The normalized spacial score (nSPS) is 10.6.